The van der Waals surface area contributed by atoms with Crippen molar-refractivity contribution in [2.45, 2.75) is 70.6 Å². The number of rotatable bonds is 5. The SMILES string of the molecule is CC(C)NC(=O)C(C)NCC1(O)CCCCC1. The Bertz CT molecular complexity index is 248. The van der Waals surface area contributed by atoms with E-state index in [1.165, 1.54) is 6.42 Å². The van der Waals surface area contributed by atoms with E-state index in [1.807, 2.05) is 20.8 Å². The van der Waals surface area contributed by atoms with Crippen LogP contribution < -0.4 is 10.6 Å². The van der Waals surface area contributed by atoms with Gasteiger partial charge in [-0.25, -0.2) is 0 Å². The average molecular weight is 242 g/mol. The lowest BCUT2D eigenvalue weighted by molar-refractivity contribution is -0.123. The van der Waals surface area contributed by atoms with Crippen LogP contribution in [-0.2, 0) is 4.79 Å². The summed E-state index contributed by atoms with van der Waals surface area (Å²) < 4.78 is 0. The van der Waals surface area contributed by atoms with Gasteiger partial charge in [0.25, 0.3) is 0 Å². The second-order valence-electron chi connectivity index (χ2n) is 5.55. The van der Waals surface area contributed by atoms with Crippen molar-refractivity contribution in [3.05, 3.63) is 0 Å². The number of hydrogen-bond donors (Lipinski definition) is 3. The van der Waals surface area contributed by atoms with Crippen LogP contribution in [0, 0.1) is 0 Å². The molecule has 0 bridgehead atoms. The maximum absolute atomic E-state index is 11.7. The molecule has 0 aliphatic heterocycles. The first kappa shape index (κ1) is 14.5. The van der Waals surface area contributed by atoms with E-state index in [4.69, 9.17) is 0 Å². The van der Waals surface area contributed by atoms with Crippen molar-refractivity contribution in [1.29, 1.82) is 0 Å². The third-order valence-electron chi connectivity index (χ3n) is 3.35. The van der Waals surface area contributed by atoms with Crippen LogP contribution >= 0.6 is 0 Å². The van der Waals surface area contributed by atoms with Crippen molar-refractivity contribution in [1.82, 2.24) is 10.6 Å². The highest BCUT2D eigenvalue weighted by Crippen LogP contribution is 2.27. The molecule has 1 aliphatic carbocycles. The van der Waals surface area contributed by atoms with E-state index in [0.29, 0.717) is 6.54 Å². The molecule has 4 heteroatoms. The predicted octanol–water partition coefficient (Wildman–Crippen LogP) is 1.18. The molecule has 0 aromatic rings. The Kier molecular flexibility index (Phi) is 5.40. The van der Waals surface area contributed by atoms with E-state index in [-0.39, 0.29) is 18.0 Å². The van der Waals surface area contributed by atoms with Gasteiger partial charge in [0, 0.05) is 12.6 Å². The highest BCUT2D eigenvalue weighted by Gasteiger charge is 2.29. The van der Waals surface area contributed by atoms with Crippen molar-refractivity contribution in [3.63, 3.8) is 0 Å². The molecule has 1 fully saturated rings. The Hall–Kier alpha value is -0.610. The summed E-state index contributed by atoms with van der Waals surface area (Å²) in [7, 11) is 0. The normalized spacial score (nSPS) is 21.2. The average Bonchev–Trinajstić information content (AvgIpc) is 2.26. The van der Waals surface area contributed by atoms with E-state index in [2.05, 4.69) is 10.6 Å². The van der Waals surface area contributed by atoms with Crippen LogP contribution in [-0.4, -0.2) is 35.2 Å². The highest BCUT2D eigenvalue weighted by atomic mass is 16.3. The molecule has 4 nitrogen and oxygen atoms in total. The summed E-state index contributed by atoms with van der Waals surface area (Å²) in [5.74, 6) is -0.000547. The van der Waals surface area contributed by atoms with Crippen LogP contribution in [0.15, 0.2) is 0 Å². The number of hydrogen-bond acceptors (Lipinski definition) is 3. The lowest BCUT2D eigenvalue weighted by atomic mass is 9.85. The number of amides is 1. The van der Waals surface area contributed by atoms with Gasteiger partial charge in [-0.1, -0.05) is 19.3 Å². The number of nitrogens with one attached hydrogen (secondary N) is 2. The van der Waals surface area contributed by atoms with Crippen LogP contribution in [0.5, 0.6) is 0 Å². The summed E-state index contributed by atoms with van der Waals surface area (Å²) in [4.78, 5) is 11.7. The Labute approximate surface area is 104 Å². The van der Waals surface area contributed by atoms with E-state index in [0.717, 1.165) is 25.7 Å². The van der Waals surface area contributed by atoms with Crippen molar-refractivity contribution < 1.29 is 9.90 Å². The first-order valence-electron chi connectivity index (χ1n) is 6.69. The maximum atomic E-state index is 11.7. The highest BCUT2D eigenvalue weighted by molar-refractivity contribution is 5.81. The van der Waals surface area contributed by atoms with Gasteiger partial charge < -0.3 is 15.7 Å². The van der Waals surface area contributed by atoms with Gasteiger partial charge in [-0.2, -0.15) is 0 Å². The van der Waals surface area contributed by atoms with Crippen LogP contribution in [0.2, 0.25) is 0 Å². The monoisotopic (exact) mass is 242 g/mol. The first-order valence-corrected chi connectivity index (χ1v) is 6.69. The zero-order valence-electron chi connectivity index (χ0n) is 11.3. The largest absolute Gasteiger partial charge is 0.389 e. The van der Waals surface area contributed by atoms with Crippen molar-refractivity contribution >= 4 is 5.91 Å². The minimum Gasteiger partial charge on any atom is -0.389 e. The molecule has 0 radical (unpaired) electrons. The lowest BCUT2D eigenvalue weighted by Gasteiger charge is -2.33. The molecule has 0 aromatic carbocycles. The Balaban J connectivity index is 2.31. The van der Waals surface area contributed by atoms with Gasteiger partial charge in [0.1, 0.15) is 0 Å². The quantitative estimate of drug-likeness (QED) is 0.678. The van der Waals surface area contributed by atoms with Gasteiger partial charge in [0.15, 0.2) is 0 Å². The van der Waals surface area contributed by atoms with Crippen molar-refractivity contribution in [2.75, 3.05) is 6.54 Å². The molecular formula is C13H26N2O2. The van der Waals surface area contributed by atoms with Gasteiger partial charge in [-0.15, -0.1) is 0 Å². The lowest BCUT2D eigenvalue weighted by Crippen LogP contribution is -2.50. The summed E-state index contributed by atoms with van der Waals surface area (Å²) >= 11 is 0. The minimum absolute atomic E-state index is 0.000547. The van der Waals surface area contributed by atoms with Crippen molar-refractivity contribution in [3.8, 4) is 0 Å². The fourth-order valence-corrected chi connectivity index (χ4v) is 2.23. The summed E-state index contributed by atoms with van der Waals surface area (Å²) in [6.07, 6.45) is 5.08. The number of carbonyl (C=O) groups excluding carboxylic acids is 1. The number of aliphatic hydroxyl groups is 1. The fraction of sp³-hybridized carbons (Fsp3) is 0.923. The first-order chi connectivity index (χ1) is 7.93. The van der Waals surface area contributed by atoms with Crippen LogP contribution in [0.1, 0.15) is 52.9 Å². The van der Waals surface area contributed by atoms with Gasteiger partial charge in [-0.3, -0.25) is 4.79 Å². The summed E-state index contributed by atoms with van der Waals surface area (Å²) in [5, 5.41) is 16.3. The van der Waals surface area contributed by atoms with Crippen molar-refractivity contribution in [2.24, 2.45) is 0 Å². The molecule has 0 aromatic heterocycles. The molecule has 1 atom stereocenters. The summed E-state index contributed by atoms with van der Waals surface area (Å²) in [6, 6.07) is -0.0899. The smallest absolute Gasteiger partial charge is 0.237 e. The molecule has 1 unspecified atom stereocenters. The minimum atomic E-state index is -0.607. The third-order valence-corrected chi connectivity index (χ3v) is 3.35. The van der Waals surface area contributed by atoms with E-state index < -0.39 is 5.60 Å². The second kappa shape index (κ2) is 6.36. The van der Waals surface area contributed by atoms with Gasteiger partial charge in [-0.05, 0) is 33.6 Å². The Morgan fingerprint density at radius 3 is 2.35 bits per heavy atom. The van der Waals surface area contributed by atoms with Gasteiger partial charge in [0.05, 0.1) is 11.6 Å². The van der Waals surface area contributed by atoms with E-state index >= 15 is 0 Å². The van der Waals surface area contributed by atoms with E-state index in [9.17, 15) is 9.90 Å². The topological polar surface area (TPSA) is 61.4 Å². The predicted molar refractivity (Wildman–Crippen MR) is 68.8 cm³/mol. The molecule has 0 spiro atoms. The molecule has 1 amide bonds. The van der Waals surface area contributed by atoms with Gasteiger partial charge >= 0.3 is 0 Å². The molecule has 17 heavy (non-hydrogen) atoms. The maximum Gasteiger partial charge on any atom is 0.237 e. The summed E-state index contributed by atoms with van der Waals surface area (Å²) in [5.41, 5.74) is -0.607. The fourth-order valence-electron chi connectivity index (χ4n) is 2.23. The molecule has 0 saturated heterocycles. The summed E-state index contributed by atoms with van der Waals surface area (Å²) in [6.45, 7) is 6.24. The molecule has 3 N–H and O–H groups in total. The molecule has 1 aliphatic rings. The standard InChI is InChI=1S/C13H26N2O2/c1-10(2)15-12(16)11(3)14-9-13(17)7-5-4-6-8-13/h10-11,14,17H,4-9H2,1-3H3,(H,15,16). The van der Waals surface area contributed by atoms with Crippen LogP contribution in [0.3, 0.4) is 0 Å². The zero-order valence-corrected chi connectivity index (χ0v) is 11.3. The molecule has 1 rings (SSSR count). The Morgan fingerprint density at radius 1 is 1.24 bits per heavy atom. The van der Waals surface area contributed by atoms with E-state index in [1.54, 1.807) is 0 Å². The van der Waals surface area contributed by atoms with Gasteiger partial charge in [0.2, 0.25) is 5.91 Å². The van der Waals surface area contributed by atoms with Crippen LogP contribution in [0.4, 0.5) is 0 Å². The molecule has 1 saturated carbocycles. The Morgan fingerprint density at radius 2 is 1.82 bits per heavy atom. The number of carbonyl (C=O) groups is 1. The molecule has 100 valence electrons. The van der Waals surface area contributed by atoms with Crippen LogP contribution in [0.25, 0.3) is 0 Å². The third kappa shape index (κ3) is 5.04. The zero-order chi connectivity index (χ0) is 12.9. The molecular weight excluding hydrogens is 216 g/mol. The molecule has 0 heterocycles. The second-order valence-corrected chi connectivity index (χ2v) is 5.55.